The van der Waals surface area contributed by atoms with Gasteiger partial charge in [0.2, 0.25) is 5.82 Å². The summed E-state index contributed by atoms with van der Waals surface area (Å²) >= 11 is 0. The molecule has 0 unspecified atom stereocenters. The van der Waals surface area contributed by atoms with Gasteiger partial charge >= 0.3 is 10.2 Å². The zero-order valence-corrected chi connectivity index (χ0v) is 32.4. The topological polar surface area (TPSA) is 108 Å². The van der Waals surface area contributed by atoms with Crippen LogP contribution in [-0.2, 0) is 39.9 Å². The molecule has 11 heteroatoms. The van der Waals surface area contributed by atoms with Crippen LogP contribution in [0.1, 0.15) is 59.0 Å². The minimum atomic E-state index is -3.81. The SMILES string of the molecule is CCCCc1c(Cc2ccc(-c3ccccc3-c3nnn(C(c4ccccc4)(c4ccccc4)c4ccccc4)n3)cc2)c(COC)nn1S(=O)(=O)N(C)C. The fourth-order valence-electron chi connectivity index (χ4n) is 7.19. The number of methoxy groups -OCH3 is 1. The molecule has 0 saturated heterocycles. The zero-order chi connectivity index (χ0) is 38.4. The molecule has 0 aliphatic carbocycles. The molecule has 0 aliphatic heterocycles. The van der Waals surface area contributed by atoms with Crippen molar-refractivity contribution in [2.75, 3.05) is 21.2 Å². The molecule has 0 bridgehead atoms. The van der Waals surface area contributed by atoms with Crippen molar-refractivity contribution in [3.05, 3.63) is 179 Å². The fourth-order valence-corrected chi connectivity index (χ4v) is 8.18. The van der Waals surface area contributed by atoms with Crippen LogP contribution in [0.25, 0.3) is 22.5 Å². The highest BCUT2D eigenvalue weighted by Crippen LogP contribution is 2.40. The number of benzene rings is 5. The first-order chi connectivity index (χ1) is 26.8. The number of tetrazole rings is 1. The summed E-state index contributed by atoms with van der Waals surface area (Å²) < 4.78 is 34.5. The van der Waals surface area contributed by atoms with E-state index in [9.17, 15) is 8.42 Å². The Morgan fingerprint density at radius 1 is 0.709 bits per heavy atom. The summed E-state index contributed by atoms with van der Waals surface area (Å²) in [7, 11) is 0.828. The molecule has 0 saturated carbocycles. The third-order valence-corrected chi connectivity index (χ3v) is 11.6. The number of hydrogen-bond donors (Lipinski definition) is 0. The summed E-state index contributed by atoms with van der Waals surface area (Å²) in [5, 5.41) is 19.2. The highest BCUT2D eigenvalue weighted by Gasteiger charge is 2.41. The Balaban J connectivity index is 1.27. The van der Waals surface area contributed by atoms with E-state index in [1.54, 1.807) is 11.9 Å². The van der Waals surface area contributed by atoms with Crippen LogP contribution < -0.4 is 0 Å². The summed E-state index contributed by atoms with van der Waals surface area (Å²) in [4.78, 5) is 1.74. The second-order valence-corrected chi connectivity index (χ2v) is 15.6. The standard InChI is InChI=1S/C44H45N7O3S/c1-5-6-26-42-40(41(32-54-4)46-50(42)55(52,53)49(2)3)31-33-27-29-34(30-28-33)38-24-16-17-25-39(38)43-45-48-51(47-43)44(35-18-10-7-11-19-35,36-20-12-8-13-21-36)37-22-14-9-15-23-37/h7-25,27-30H,5-6,26,31-32H2,1-4H3. The molecule has 2 heterocycles. The summed E-state index contributed by atoms with van der Waals surface area (Å²) in [5.41, 5.74) is 8.19. The van der Waals surface area contributed by atoms with Gasteiger partial charge in [-0.1, -0.05) is 153 Å². The Hall–Kier alpha value is -5.75. The van der Waals surface area contributed by atoms with Crippen molar-refractivity contribution in [1.29, 1.82) is 0 Å². The average Bonchev–Trinajstić information content (AvgIpc) is 3.85. The van der Waals surface area contributed by atoms with Gasteiger partial charge < -0.3 is 4.74 Å². The Labute approximate surface area is 323 Å². The molecule has 0 radical (unpaired) electrons. The van der Waals surface area contributed by atoms with Gasteiger partial charge in [-0.3, -0.25) is 0 Å². The highest BCUT2D eigenvalue weighted by molar-refractivity contribution is 7.87. The van der Waals surface area contributed by atoms with E-state index in [1.165, 1.54) is 22.5 Å². The van der Waals surface area contributed by atoms with E-state index in [2.05, 4.69) is 78.8 Å². The molecule has 7 rings (SSSR count). The first-order valence-corrected chi connectivity index (χ1v) is 19.9. The second kappa shape index (κ2) is 16.3. The number of aromatic nitrogens is 6. The predicted octanol–water partition coefficient (Wildman–Crippen LogP) is 7.78. The average molecular weight is 752 g/mol. The Morgan fingerprint density at radius 2 is 1.25 bits per heavy atom. The first kappa shape index (κ1) is 37.6. The summed E-state index contributed by atoms with van der Waals surface area (Å²) in [6.45, 7) is 2.30. The van der Waals surface area contributed by atoms with Crippen LogP contribution in [0.5, 0.6) is 0 Å². The van der Waals surface area contributed by atoms with Gasteiger partial charge in [0.1, 0.15) is 0 Å². The normalized spacial score (nSPS) is 12.0. The van der Waals surface area contributed by atoms with Gasteiger partial charge in [-0.15, -0.1) is 19.1 Å². The molecule has 7 aromatic rings. The van der Waals surface area contributed by atoms with E-state index in [-0.39, 0.29) is 6.61 Å². The van der Waals surface area contributed by atoms with Crippen molar-refractivity contribution in [1.82, 2.24) is 33.7 Å². The van der Waals surface area contributed by atoms with Gasteiger partial charge in [0, 0.05) is 38.8 Å². The lowest BCUT2D eigenvalue weighted by Gasteiger charge is -2.34. The van der Waals surface area contributed by atoms with E-state index in [1.807, 2.05) is 72.8 Å². The maximum absolute atomic E-state index is 13.3. The van der Waals surface area contributed by atoms with Crippen LogP contribution in [-0.4, -0.2) is 63.3 Å². The van der Waals surface area contributed by atoms with E-state index in [0.29, 0.717) is 30.1 Å². The van der Waals surface area contributed by atoms with Gasteiger partial charge in [-0.2, -0.15) is 17.8 Å². The third kappa shape index (κ3) is 7.26. The van der Waals surface area contributed by atoms with Gasteiger partial charge in [-0.05, 0) is 51.4 Å². The maximum atomic E-state index is 13.3. The number of rotatable bonds is 15. The summed E-state index contributed by atoms with van der Waals surface area (Å²) in [6, 6.07) is 47.3. The van der Waals surface area contributed by atoms with E-state index < -0.39 is 15.7 Å². The van der Waals surface area contributed by atoms with Crippen molar-refractivity contribution < 1.29 is 13.2 Å². The van der Waals surface area contributed by atoms with E-state index in [4.69, 9.17) is 20.1 Å². The molecular formula is C44H45N7O3S. The molecule has 0 amide bonds. The van der Waals surface area contributed by atoms with Crippen LogP contribution in [0.2, 0.25) is 0 Å². The molecule has 0 aliphatic rings. The molecular weight excluding hydrogens is 707 g/mol. The van der Waals surface area contributed by atoms with Gasteiger partial charge in [0.05, 0.1) is 18.0 Å². The first-order valence-electron chi connectivity index (χ1n) is 18.5. The molecule has 280 valence electrons. The Bertz CT molecular complexity index is 2350. The molecule has 5 aromatic carbocycles. The molecule has 0 fully saturated rings. The predicted molar refractivity (Wildman–Crippen MR) is 216 cm³/mol. The van der Waals surface area contributed by atoms with Crippen molar-refractivity contribution in [2.45, 2.75) is 44.8 Å². The molecule has 2 aromatic heterocycles. The zero-order valence-electron chi connectivity index (χ0n) is 31.6. The minimum Gasteiger partial charge on any atom is -0.378 e. The molecule has 55 heavy (non-hydrogen) atoms. The van der Waals surface area contributed by atoms with Crippen molar-refractivity contribution in [2.24, 2.45) is 0 Å². The second-order valence-electron chi connectivity index (χ2n) is 13.7. The lowest BCUT2D eigenvalue weighted by Crippen LogP contribution is -2.39. The third-order valence-electron chi connectivity index (χ3n) is 9.97. The number of ether oxygens (including phenoxy) is 1. The lowest BCUT2D eigenvalue weighted by molar-refractivity contribution is 0.180. The van der Waals surface area contributed by atoms with E-state index in [0.717, 1.165) is 57.3 Å². The van der Waals surface area contributed by atoms with Crippen LogP contribution in [0.15, 0.2) is 140 Å². The monoisotopic (exact) mass is 751 g/mol. The van der Waals surface area contributed by atoms with Crippen LogP contribution in [0.3, 0.4) is 0 Å². The van der Waals surface area contributed by atoms with Gasteiger partial charge in [0.25, 0.3) is 0 Å². The van der Waals surface area contributed by atoms with Gasteiger partial charge in [-0.25, -0.2) is 0 Å². The maximum Gasteiger partial charge on any atom is 0.322 e. The smallest absolute Gasteiger partial charge is 0.322 e. The summed E-state index contributed by atoms with van der Waals surface area (Å²) in [5.74, 6) is 0.506. The molecule has 10 nitrogen and oxygen atoms in total. The van der Waals surface area contributed by atoms with Crippen LogP contribution in [0, 0.1) is 0 Å². The minimum absolute atomic E-state index is 0.212. The van der Waals surface area contributed by atoms with Crippen molar-refractivity contribution in [3.8, 4) is 22.5 Å². The Morgan fingerprint density at radius 3 is 1.78 bits per heavy atom. The van der Waals surface area contributed by atoms with Crippen LogP contribution >= 0.6 is 0 Å². The Kier molecular flexibility index (Phi) is 11.1. The molecule has 0 N–H and O–H groups in total. The highest BCUT2D eigenvalue weighted by atomic mass is 32.2. The molecule has 0 spiro atoms. The number of unbranched alkanes of at least 4 members (excludes halogenated alkanes) is 1. The van der Waals surface area contributed by atoms with Crippen molar-refractivity contribution >= 4 is 10.2 Å². The quantitative estimate of drug-likeness (QED) is 0.0986. The fraction of sp³-hybridized carbons (Fsp3) is 0.227. The van der Waals surface area contributed by atoms with Crippen LogP contribution in [0.4, 0.5) is 0 Å². The van der Waals surface area contributed by atoms with Crippen molar-refractivity contribution in [3.63, 3.8) is 0 Å². The number of hydrogen-bond acceptors (Lipinski definition) is 7. The van der Waals surface area contributed by atoms with Gasteiger partial charge in [0.15, 0.2) is 5.54 Å². The summed E-state index contributed by atoms with van der Waals surface area (Å²) in [6.07, 6.45) is 2.87. The number of nitrogens with zero attached hydrogens (tertiary/aromatic N) is 7. The molecule has 0 atom stereocenters. The lowest BCUT2D eigenvalue weighted by atomic mass is 9.77. The largest absolute Gasteiger partial charge is 0.378 e. The van der Waals surface area contributed by atoms with E-state index >= 15 is 0 Å².